The van der Waals surface area contributed by atoms with Crippen molar-refractivity contribution in [2.24, 2.45) is 0 Å². The van der Waals surface area contributed by atoms with Gasteiger partial charge < -0.3 is 10.2 Å². The molecule has 2 aromatic rings. The number of amides is 2. The van der Waals surface area contributed by atoms with Crippen LogP contribution in [0.5, 0.6) is 0 Å². The van der Waals surface area contributed by atoms with Crippen LogP contribution in [0.15, 0.2) is 42.5 Å². The van der Waals surface area contributed by atoms with Gasteiger partial charge in [-0.2, -0.15) is 13.2 Å². The molecular formula is C18H15F3N2O2. The second-order valence-corrected chi connectivity index (χ2v) is 5.89. The Kier molecular flexibility index (Phi) is 4.24. The van der Waals surface area contributed by atoms with E-state index in [9.17, 15) is 22.8 Å². The molecule has 4 nitrogen and oxygen atoms in total. The van der Waals surface area contributed by atoms with Crippen LogP contribution in [0.4, 0.5) is 24.5 Å². The van der Waals surface area contributed by atoms with Crippen LogP contribution < -0.4 is 10.2 Å². The maximum Gasteiger partial charge on any atom is 0.416 e. The number of hydrogen-bond acceptors (Lipinski definition) is 2. The highest BCUT2D eigenvalue weighted by Gasteiger charge is 2.30. The molecule has 0 aromatic heterocycles. The zero-order chi connectivity index (χ0) is 18.2. The summed E-state index contributed by atoms with van der Waals surface area (Å²) < 4.78 is 37.6. The zero-order valence-corrected chi connectivity index (χ0v) is 13.4. The molecule has 0 saturated heterocycles. The van der Waals surface area contributed by atoms with Crippen molar-refractivity contribution in [1.82, 2.24) is 0 Å². The zero-order valence-electron chi connectivity index (χ0n) is 13.4. The third-order valence-corrected chi connectivity index (χ3v) is 4.08. The number of carbonyl (C=O) groups excluding carboxylic acids is 2. The van der Waals surface area contributed by atoms with Gasteiger partial charge in [-0.25, -0.2) is 0 Å². The average molecular weight is 348 g/mol. The minimum Gasteiger partial charge on any atom is -0.326 e. The van der Waals surface area contributed by atoms with Crippen LogP contribution in [0.3, 0.4) is 0 Å². The van der Waals surface area contributed by atoms with Crippen molar-refractivity contribution in [2.75, 3.05) is 17.3 Å². The molecular weight excluding hydrogens is 333 g/mol. The summed E-state index contributed by atoms with van der Waals surface area (Å²) in [5.41, 5.74) is 1.97. The minimum atomic E-state index is -4.41. The van der Waals surface area contributed by atoms with E-state index in [4.69, 9.17) is 0 Å². The molecule has 1 aliphatic heterocycles. The van der Waals surface area contributed by atoms with E-state index in [-0.39, 0.29) is 18.2 Å². The largest absolute Gasteiger partial charge is 0.416 e. The van der Waals surface area contributed by atoms with Gasteiger partial charge in [-0.15, -0.1) is 0 Å². The van der Waals surface area contributed by atoms with Gasteiger partial charge in [-0.1, -0.05) is 12.1 Å². The predicted molar refractivity (Wildman–Crippen MR) is 87.3 cm³/mol. The van der Waals surface area contributed by atoms with Gasteiger partial charge in [0.2, 0.25) is 11.8 Å². The Hall–Kier alpha value is -2.83. The highest BCUT2D eigenvalue weighted by atomic mass is 19.4. The number of anilines is 2. The van der Waals surface area contributed by atoms with Crippen molar-refractivity contribution in [2.45, 2.75) is 19.0 Å². The molecule has 0 bridgehead atoms. The Bertz CT molecular complexity index is 829. The number of alkyl halides is 3. The molecule has 2 aromatic carbocycles. The Balaban J connectivity index is 1.65. The van der Waals surface area contributed by atoms with Crippen LogP contribution in [-0.2, 0) is 28.6 Å². The molecule has 130 valence electrons. The van der Waals surface area contributed by atoms with Gasteiger partial charge >= 0.3 is 6.18 Å². The van der Waals surface area contributed by atoms with Crippen LogP contribution in [0.2, 0.25) is 0 Å². The lowest BCUT2D eigenvalue weighted by Gasteiger charge is -2.11. The first-order chi connectivity index (χ1) is 11.7. The molecule has 0 atom stereocenters. The van der Waals surface area contributed by atoms with Crippen LogP contribution in [0, 0.1) is 0 Å². The Morgan fingerprint density at radius 3 is 2.48 bits per heavy atom. The van der Waals surface area contributed by atoms with Gasteiger partial charge in [0.15, 0.2) is 0 Å². The van der Waals surface area contributed by atoms with E-state index in [2.05, 4.69) is 5.32 Å². The Morgan fingerprint density at radius 1 is 1.16 bits per heavy atom. The number of nitrogens with zero attached hydrogens (tertiary/aromatic N) is 1. The molecule has 25 heavy (non-hydrogen) atoms. The lowest BCUT2D eigenvalue weighted by Crippen LogP contribution is -2.20. The molecule has 0 spiro atoms. The summed E-state index contributed by atoms with van der Waals surface area (Å²) in [6.07, 6.45) is -4.02. The number of nitrogens with one attached hydrogen (secondary N) is 1. The Morgan fingerprint density at radius 2 is 1.84 bits per heavy atom. The first-order valence-electron chi connectivity index (χ1n) is 7.59. The topological polar surface area (TPSA) is 49.4 Å². The fourth-order valence-electron chi connectivity index (χ4n) is 2.77. The second kappa shape index (κ2) is 6.23. The SMILES string of the molecule is CN1C(=O)Cc2cc(CC(=O)Nc3ccc(C(F)(F)F)cc3)ccc21. The summed E-state index contributed by atoms with van der Waals surface area (Å²) in [5.74, 6) is -0.334. The summed E-state index contributed by atoms with van der Waals surface area (Å²) >= 11 is 0. The van der Waals surface area contributed by atoms with E-state index in [0.29, 0.717) is 12.1 Å². The summed E-state index contributed by atoms with van der Waals surface area (Å²) in [5, 5.41) is 2.57. The van der Waals surface area contributed by atoms with Gasteiger partial charge in [0.25, 0.3) is 0 Å². The molecule has 1 aliphatic rings. The molecule has 0 saturated carbocycles. The smallest absolute Gasteiger partial charge is 0.326 e. The lowest BCUT2D eigenvalue weighted by molar-refractivity contribution is -0.137. The molecule has 0 radical (unpaired) electrons. The Labute approximate surface area is 142 Å². The van der Waals surface area contributed by atoms with E-state index < -0.39 is 11.7 Å². The molecule has 0 fully saturated rings. The molecule has 3 rings (SSSR count). The maximum absolute atomic E-state index is 12.5. The summed E-state index contributed by atoms with van der Waals surface area (Å²) in [6.45, 7) is 0. The highest BCUT2D eigenvalue weighted by molar-refractivity contribution is 6.01. The average Bonchev–Trinajstić information content (AvgIpc) is 2.81. The minimum absolute atomic E-state index is 0.00126. The molecule has 7 heteroatoms. The van der Waals surface area contributed by atoms with Crippen LogP contribution in [0.25, 0.3) is 0 Å². The number of benzene rings is 2. The van der Waals surface area contributed by atoms with Crippen molar-refractivity contribution in [1.29, 1.82) is 0 Å². The first kappa shape index (κ1) is 17.0. The first-order valence-corrected chi connectivity index (χ1v) is 7.59. The van der Waals surface area contributed by atoms with Crippen molar-refractivity contribution in [3.63, 3.8) is 0 Å². The highest BCUT2D eigenvalue weighted by Crippen LogP contribution is 2.30. The van der Waals surface area contributed by atoms with Crippen LogP contribution in [0.1, 0.15) is 16.7 Å². The van der Waals surface area contributed by atoms with Gasteiger partial charge in [-0.05, 0) is 41.5 Å². The number of rotatable bonds is 3. The molecule has 1 N–H and O–H groups in total. The molecule has 0 unspecified atom stereocenters. The van der Waals surface area contributed by atoms with E-state index in [0.717, 1.165) is 28.9 Å². The van der Waals surface area contributed by atoms with Crippen molar-refractivity contribution in [3.8, 4) is 0 Å². The molecule has 1 heterocycles. The second-order valence-electron chi connectivity index (χ2n) is 5.89. The van der Waals surface area contributed by atoms with E-state index in [1.807, 2.05) is 6.07 Å². The van der Waals surface area contributed by atoms with Crippen molar-refractivity contribution in [3.05, 3.63) is 59.2 Å². The number of hydrogen-bond donors (Lipinski definition) is 1. The lowest BCUT2D eigenvalue weighted by atomic mass is 10.1. The summed E-state index contributed by atoms with van der Waals surface area (Å²) in [6, 6.07) is 9.65. The molecule has 0 aliphatic carbocycles. The fraction of sp³-hybridized carbons (Fsp3) is 0.222. The third kappa shape index (κ3) is 3.65. The summed E-state index contributed by atoms with van der Waals surface area (Å²) in [4.78, 5) is 25.3. The van der Waals surface area contributed by atoms with E-state index in [1.54, 1.807) is 24.1 Å². The third-order valence-electron chi connectivity index (χ3n) is 4.08. The number of fused-ring (bicyclic) bond motifs is 1. The predicted octanol–water partition coefficient (Wildman–Crippen LogP) is 3.41. The van der Waals surface area contributed by atoms with Gasteiger partial charge in [-0.3, -0.25) is 9.59 Å². The van der Waals surface area contributed by atoms with Crippen molar-refractivity contribution >= 4 is 23.2 Å². The van der Waals surface area contributed by atoms with Crippen molar-refractivity contribution < 1.29 is 22.8 Å². The number of carbonyl (C=O) groups is 2. The van der Waals surface area contributed by atoms with Crippen LogP contribution >= 0.6 is 0 Å². The van der Waals surface area contributed by atoms with Gasteiger partial charge in [0, 0.05) is 18.4 Å². The van der Waals surface area contributed by atoms with Crippen LogP contribution in [-0.4, -0.2) is 18.9 Å². The van der Waals surface area contributed by atoms with E-state index >= 15 is 0 Å². The number of likely N-dealkylation sites (N-methyl/N-ethyl adjacent to an activating group) is 1. The standard InChI is InChI=1S/C18H15F3N2O2/c1-23-15-7-2-11(8-12(15)10-17(23)25)9-16(24)22-14-5-3-13(4-6-14)18(19,20)21/h2-8H,9-10H2,1H3,(H,22,24). The van der Waals surface area contributed by atoms with E-state index in [1.165, 1.54) is 12.1 Å². The number of halogens is 3. The normalized spacial score (nSPS) is 13.8. The molecule has 2 amide bonds. The fourth-order valence-corrected chi connectivity index (χ4v) is 2.77. The van der Waals surface area contributed by atoms with Gasteiger partial charge in [0.05, 0.1) is 18.4 Å². The summed E-state index contributed by atoms with van der Waals surface area (Å²) in [7, 11) is 1.70. The maximum atomic E-state index is 12.5. The van der Waals surface area contributed by atoms with Gasteiger partial charge in [0.1, 0.15) is 0 Å². The quantitative estimate of drug-likeness (QED) is 0.924. The monoisotopic (exact) mass is 348 g/mol.